The van der Waals surface area contributed by atoms with Crippen LogP contribution in [0.3, 0.4) is 0 Å². The molecule has 1 fully saturated rings. The van der Waals surface area contributed by atoms with Gasteiger partial charge in [0.05, 0.1) is 24.8 Å². The highest BCUT2D eigenvalue weighted by Gasteiger charge is 2.46. The van der Waals surface area contributed by atoms with E-state index in [4.69, 9.17) is 9.57 Å². The molecule has 2 aliphatic heterocycles. The first-order chi connectivity index (χ1) is 15.9. The zero-order chi connectivity index (χ0) is 23.2. The minimum Gasteiger partial charge on any atom is -0.495 e. The molecule has 5 rings (SSSR count). The fourth-order valence-electron chi connectivity index (χ4n) is 4.40. The molecule has 0 bridgehead atoms. The summed E-state index contributed by atoms with van der Waals surface area (Å²) < 4.78 is 34.9. The van der Waals surface area contributed by atoms with Gasteiger partial charge in [0.2, 0.25) is 5.72 Å². The number of fused-ring (bicyclic) bond motifs is 1. The Morgan fingerprint density at radius 3 is 2.73 bits per heavy atom. The predicted molar refractivity (Wildman–Crippen MR) is 121 cm³/mol. The molecular weight excluding hydrogens is 426 g/mol. The summed E-state index contributed by atoms with van der Waals surface area (Å²) in [7, 11) is 1.64. The Morgan fingerprint density at radius 1 is 1.15 bits per heavy atom. The van der Waals surface area contributed by atoms with Crippen molar-refractivity contribution >= 4 is 11.9 Å². The minimum atomic E-state index is -0.996. The predicted octanol–water partition coefficient (Wildman–Crippen LogP) is 5.16. The first-order valence-corrected chi connectivity index (χ1v) is 10.8. The van der Waals surface area contributed by atoms with Crippen molar-refractivity contribution < 1.29 is 18.4 Å². The maximum atomic E-state index is 13.9. The molecule has 0 amide bonds. The molecule has 1 atom stereocenters. The molecule has 1 saturated heterocycles. The number of piperidine rings is 1. The molecule has 1 aromatic heterocycles. The van der Waals surface area contributed by atoms with Crippen molar-refractivity contribution in [1.82, 2.24) is 14.5 Å². The molecule has 170 valence electrons. The van der Waals surface area contributed by atoms with Crippen molar-refractivity contribution in [1.29, 1.82) is 0 Å². The fourth-order valence-corrected chi connectivity index (χ4v) is 4.40. The minimum absolute atomic E-state index is 0.517. The van der Waals surface area contributed by atoms with Gasteiger partial charge in [-0.25, -0.2) is 13.8 Å². The lowest BCUT2D eigenvalue weighted by Crippen LogP contribution is -2.47. The van der Waals surface area contributed by atoms with Crippen molar-refractivity contribution in [3.05, 3.63) is 83.0 Å². The Balaban J connectivity index is 1.46. The summed E-state index contributed by atoms with van der Waals surface area (Å²) in [6.45, 7) is 4.47. The molecule has 0 radical (unpaired) electrons. The van der Waals surface area contributed by atoms with Crippen LogP contribution in [0.25, 0.3) is 11.8 Å². The number of nitrogens with zero attached hydrogens (tertiary/aromatic N) is 4. The van der Waals surface area contributed by atoms with Gasteiger partial charge in [0, 0.05) is 25.2 Å². The Hall–Kier alpha value is -3.68. The van der Waals surface area contributed by atoms with E-state index in [0.29, 0.717) is 17.9 Å². The second-order valence-corrected chi connectivity index (χ2v) is 8.40. The third-order valence-electron chi connectivity index (χ3n) is 6.19. The quantitative estimate of drug-likeness (QED) is 0.551. The number of aromatic nitrogens is 2. The monoisotopic (exact) mass is 450 g/mol. The number of benzene rings is 2. The molecule has 3 heterocycles. The summed E-state index contributed by atoms with van der Waals surface area (Å²) in [6, 6.07) is 9.81. The third-order valence-corrected chi connectivity index (χ3v) is 6.19. The zero-order valence-corrected chi connectivity index (χ0v) is 18.7. The van der Waals surface area contributed by atoms with Crippen LogP contribution in [0.2, 0.25) is 0 Å². The molecule has 6 nitrogen and oxygen atoms in total. The summed E-state index contributed by atoms with van der Waals surface area (Å²) in [4.78, 5) is 12.1. The first-order valence-electron chi connectivity index (χ1n) is 10.8. The van der Waals surface area contributed by atoms with Crippen molar-refractivity contribution in [2.24, 2.45) is 5.16 Å². The van der Waals surface area contributed by atoms with Crippen molar-refractivity contribution in [2.75, 3.05) is 13.7 Å². The van der Waals surface area contributed by atoms with E-state index in [-0.39, 0.29) is 0 Å². The Morgan fingerprint density at radius 2 is 2.00 bits per heavy atom. The fraction of sp³-hybridized carbons (Fsp3) is 0.280. The van der Waals surface area contributed by atoms with Crippen molar-refractivity contribution in [3.8, 4) is 11.4 Å². The van der Waals surface area contributed by atoms with E-state index < -0.39 is 17.4 Å². The second-order valence-electron chi connectivity index (χ2n) is 8.40. The van der Waals surface area contributed by atoms with Crippen LogP contribution in [0.5, 0.6) is 5.75 Å². The van der Waals surface area contributed by atoms with Crippen LogP contribution in [-0.4, -0.2) is 33.9 Å². The SMILES string of the molecule is COc1cc(C=C2CCCN3C2=NOC3(C)c2ccc(F)c(F)c2)ccc1-n1cnc(C)c1. The van der Waals surface area contributed by atoms with Gasteiger partial charge < -0.3 is 19.0 Å². The van der Waals surface area contributed by atoms with E-state index in [1.165, 1.54) is 12.1 Å². The molecule has 1 unspecified atom stereocenters. The average Bonchev–Trinajstić information content (AvgIpc) is 3.40. The number of hydrogen-bond donors (Lipinski definition) is 0. The highest BCUT2D eigenvalue weighted by Crippen LogP contribution is 2.40. The van der Waals surface area contributed by atoms with Crippen LogP contribution < -0.4 is 4.74 Å². The largest absolute Gasteiger partial charge is 0.495 e. The summed E-state index contributed by atoms with van der Waals surface area (Å²) in [5.74, 6) is -0.352. The van der Waals surface area contributed by atoms with E-state index in [0.717, 1.165) is 47.2 Å². The molecular formula is C25H24F2N4O2. The molecule has 33 heavy (non-hydrogen) atoms. The number of methoxy groups -OCH3 is 1. The summed E-state index contributed by atoms with van der Waals surface area (Å²) in [5, 5.41) is 4.34. The molecule has 2 aliphatic rings. The van der Waals surface area contributed by atoms with Gasteiger partial charge in [-0.3, -0.25) is 0 Å². The van der Waals surface area contributed by atoms with Crippen molar-refractivity contribution in [2.45, 2.75) is 32.4 Å². The number of aryl methyl sites for hydroxylation is 1. The zero-order valence-electron chi connectivity index (χ0n) is 18.7. The van der Waals surface area contributed by atoms with E-state index in [2.05, 4.69) is 16.2 Å². The number of amidine groups is 1. The van der Waals surface area contributed by atoms with Crippen LogP contribution >= 0.6 is 0 Å². The van der Waals surface area contributed by atoms with Gasteiger partial charge in [-0.15, -0.1) is 0 Å². The maximum absolute atomic E-state index is 13.9. The maximum Gasteiger partial charge on any atom is 0.234 e. The lowest BCUT2D eigenvalue weighted by molar-refractivity contribution is -0.0915. The van der Waals surface area contributed by atoms with Crippen LogP contribution in [0.4, 0.5) is 8.78 Å². The number of imidazole rings is 1. The number of ether oxygens (including phenoxy) is 1. The third kappa shape index (κ3) is 3.65. The lowest BCUT2D eigenvalue weighted by Gasteiger charge is -2.37. The lowest BCUT2D eigenvalue weighted by atomic mass is 9.95. The topological polar surface area (TPSA) is 51.9 Å². The summed E-state index contributed by atoms with van der Waals surface area (Å²) in [5.41, 5.74) is 3.33. The summed E-state index contributed by atoms with van der Waals surface area (Å²) in [6.07, 6.45) is 7.48. The van der Waals surface area contributed by atoms with E-state index in [9.17, 15) is 8.78 Å². The van der Waals surface area contributed by atoms with Crippen LogP contribution in [0.15, 0.2) is 59.7 Å². The average molecular weight is 450 g/mol. The molecule has 0 saturated carbocycles. The Labute approximate surface area is 190 Å². The Bertz CT molecular complexity index is 1280. The first kappa shape index (κ1) is 21.2. The van der Waals surface area contributed by atoms with Crippen LogP contribution in [0, 0.1) is 18.6 Å². The highest BCUT2D eigenvalue weighted by atomic mass is 19.2. The molecule has 0 spiro atoms. The highest BCUT2D eigenvalue weighted by molar-refractivity contribution is 6.03. The van der Waals surface area contributed by atoms with E-state index in [1.54, 1.807) is 13.4 Å². The van der Waals surface area contributed by atoms with Crippen LogP contribution in [-0.2, 0) is 10.6 Å². The normalized spacial score (nSPS) is 21.1. The van der Waals surface area contributed by atoms with Crippen molar-refractivity contribution in [3.63, 3.8) is 0 Å². The smallest absolute Gasteiger partial charge is 0.234 e. The second kappa shape index (κ2) is 8.03. The summed E-state index contributed by atoms with van der Waals surface area (Å²) >= 11 is 0. The molecule has 0 N–H and O–H groups in total. The van der Waals surface area contributed by atoms with E-state index >= 15 is 0 Å². The molecule has 0 aliphatic carbocycles. The van der Waals surface area contributed by atoms with Gasteiger partial charge in [0.1, 0.15) is 5.75 Å². The Kier molecular flexibility index (Phi) is 5.15. The van der Waals surface area contributed by atoms with Gasteiger partial charge in [-0.2, -0.15) is 0 Å². The number of rotatable bonds is 4. The van der Waals surface area contributed by atoms with Gasteiger partial charge in [0.15, 0.2) is 17.5 Å². The van der Waals surface area contributed by atoms with Gasteiger partial charge in [0.25, 0.3) is 0 Å². The number of oxime groups is 1. The standard InChI is InChI=1S/C25H24F2N4O2/c1-16-14-30(15-28-16)22-9-6-17(12-23(22)32-3)11-18-5-4-10-31-24(18)29-33-25(31,2)19-7-8-20(26)21(27)13-19/h6-9,11-15H,4-5,10H2,1-3H3. The molecule has 8 heteroatoms. The van der Waals surface area contributed by atoms with Gasteiger partial charge >= 0.3 is 0 Å². The molecule has 3 aromatic rings. The molecule has 2 aromatic carbocycles. The number of hydrogen-bond acceptors (Lipinski definition) is 5. The van der Waals surface area contributed by atoms with Gasteiger partial charge in [-0.1, -0.05) is 11.2 Å². The van der Waals surface area contributed by atoms with Crippen LogP contribution in [0.1, 0.15) is 36.6 Å². The number of halogens is 2. The van der Waals surface area contributed by atoms with Gasteiger partial charge in [-0.05, 0) is 67.3 Å². The van der Waals surface area contributed by atoms with E-state index in [1.807, 2.05) is 47.7 Å².